The third-order valence-corrected chi connectivity index (χ3v) is 9.68. The van der Waals surface area contributed by atoms with Crippen molar-refractivity contribution in [3.8, 4) is 6.07 Å². The Morgan fingerprint density at radius 3 is 2.54 bits per heavy atom. The molecule has 0 unspecified atom stereocenters. The SMILES string of the molecule is Cc1cc(Cl)nc(C)c1C(=O)N1CCC(C)(N2CCC(N(Cc3ccsc3)C(CC#N)=NC3CC3)CC2)CC1. The maximum absolute atomic E-state index is 13.4. The highest BCUT2D eigenvalue weighted by Gasteiger charge is 2.40. The van der Waals surface area contributed by atoms with E-state index in [1.807, 2.05) is 18.7 Å². The van der Waals surface area contributed by atoms with Crippen LogP contribution in [0, 0.1) is 25.2 Å². The van der Waals surface area contributed by atoms with Gasteiger partial charge in [-0.2, -0.15) is 16.6 Å². The molecule has 208 valence electrons. The molecule has 0 aromatic carbocycles. The monoisotopic (exact) mass is 566 g/mol. The lowest BCUT2D eigenvalue weighted by Gasteiger charge is -2.50. The third-order valence-electron chi connectivity index (χ3n) is 8.76. The Morgan fingerprint density at radius 1 is 1.23 bits per heavy atom. The second kappa shape index (κ2) is 12.0. The van der Waals surface area contributed by atoms with Gasteiger partial charge in [-0.3, -0.25) is 14.7 Å². The molecule has 1 saturated carbocycles. The number of halogens is 1. The van der Waals surface area contributed by atoms with Crippen molar-refractivity contribution in [1.29, 1.82) is 5.26 Å². The molecule has 39 heavy (non-hydrogen) atoms. The number of amides is 1. The van der Waals surface area contributed by atoms with Crippen LogP contribution in [-0.2, 0) is 6.54 Å². The van der Waals surface area contributed by atoms with E-state index < -0.39 is 0 Å². The molecule has 4 heterocycles. The number of nitriles is 1. The molecule has 0 N–H and O–H groups in total. The summed E-state index contributed by atoms with van der Waals surface area (Å²) < 4.78 is 0. The van der Waals surface area contributed by atoms with Crippen molar-refractivity contribution in [2.75, 3.05) is 26.2 Å². The van der Waals surface area contributed by atoms with Crippen LogP contribution in [0.1, 0.15) is 79.0 Å². The molecule has 0 radical (unpaired) electrons. The third kappa shape index (κ3) is 6.48. The predicted octanol–water partition coefficient (Wildman–Crippen LogP) is 5.85. The average Bonchev–Trinajstić information content (AvgIpc) is 3.58. The largest absolute Gasteiger partial charge is 0.352 e. The summed E-state index contributed by atoms with van der Waals surface area (Å²) in [6, 6.07) is 7.14. The highest BCUT2D eigenvalue weighted by atomic mass is 35.5. The summed E-state index contributed by atoms with van der Waals surface area (Å²) in [7, 11) is 0. The van der Waals surface area contributed by atoms with Gasteiger partial charge in [-0.15, -0.1) is 0 Å². The van der Waals surface area contributed by atoms with Gasteiger partial charge in [0.1, 0.15) is 11.0 Å². The first-order valence-electron chi connectivity index (χ1n) is 14.2. The molecule has 0 spiro atoms. The molecule has 3 aliphatic rings. The normalized spacial score (nSPS) is 20.6. The maximum atomic E-state index is 13.4. The van der Waals surface area contributed by atoms with E-state index in [1.54, 1.807) is 17.4 Å². The number of aliphatic imine (C=N–C) groups is 1. The smallest absolute Gasteiger partial charge is 0.255 e. The van der Waals surface area contributed by atoms with Gasteiger partial charge in [0.05, 0.1) is 29.8 Å². The Hall–Kier alpha value is -2.47. The van der Waals surface area contributed by atoms with E-state index in [0.717, 1.165) is 82.6 Å². The predicted molar refractivity (Wildman–Crippen MR) is 157 cm³/mol. The molecule has 2 aliphatic heterocycles. The van der Waals surface area contributed by atoms with Gasteiger partial charge in [0.2, 0.25) is 0 Å². The van der Waals surface area contributed by atoms with Gasteiger partial charge in [-0.1, -0.05) is 11.6 Å². The molecular formula is C30H39ClN6OS. The van der Waals surface area contributed by atoms with E-state index in [9.17, 15) is 10.1 Å². The first-order valence-corrected chi connectivity index (χ1v) is 15.5. The summed E-state index contributed by atoms with van der Waals surface area (Å²) >= 11 is 7.82. The van der Waals surface area contributed by atoms with E-state index in [1.165, 1.54) is 5.56 Å². The number of aromatic nitrogens is 1. The zero-order valence-electron chi connectivity index (χ0n) is 23.3. The summed E-state index contributed by atoms with van der Waals surface area (Å²) in [6.07, 6.45) is 6.72. The van der Waals surface area contributed by atoms with Gasteiger partial charge in [-0.05, 0) is 93.3 Å². The van der Waals surface area contributed by atoms with Crippen molar-refractivity contribution < 1.29 is 4.79 Å². The molecule has 1 amide bonds. The molecule has 2 saturated heterocycles. The van der Waals surface area contributed by atoms with Crippen LogP contribution in [0.5, 0.6) is 0 Å². The summed E-state index contributed by atoms with van der Waals surface area (Å²) in [6.45, 7) is 10.6. The first kappa shape index (κ1) is 28.1. The van der Waals surface area contributed by atoms with Crippen LogP contribution >= 0.6 is 22.9 Å². The second-order valence-electron chi connectivity index (χ2n) is 11.6. The van der Waals surface area contributed by atoms with Gasteiger partial charge < -0.3 is 9.80 Å². The lowest BCUT2D eigenvalue weighted by molar-refractivity contribution is 0.00816. The number of carbonyl (C=O) groups excluding carboxylic acids is 1. The Bertz CT molecular complexity index is 1210. The van der Waals surface area contributed by atoms with Crippen molar-refractivity contribution in [3.63, 3.8) is 0 Å². The fourth-order valence-electron chi connectivity index (χ4n) is 6.21. The number of aryl methyl sites for hydroxylation is 2. The van der Waals surface area contributed by atoms with Gasteiger partial charge in [0.25, 0.3) is 5.91 Å². The van der Waals surface area contributed by atoms with Gasteiger partial charge in [-0.25, -0.2) is 4.98 Å². The quantitative estimate of drug-likeness (QED) is 0.239. The number of hydrogen-bond acceptors (Lipinski definition) is 6. The lowest BCUT2D eigenvalue weighted by Crippen LogP contribution is -2.58. The van der Waals surface area contributed by atoms with E-state index in [4.69, 9.17) is 16.6 Å². The Balaban J connectivity index is 1.22. The van der Waals surface area contributed by atoms with Crippen molar-refractivity contribution in [1.82, 2.24) is 19.7 Å². The lowest BCUT2D eigenvalue weighted by atomic mass is 9.85. The van der Waals surface area contributed by atoms with Crippen molar-refractivity contribution in [2.45, 2.75) is 89.9 Å². The molecule has 0 bridgehead atoms. The first-order chi connectivity index (χ1) is 18.8. The number of pyridine rings is 1. The molecule has 5 rings (SSSR count). The zero-order valence-corrected chi connectivity index (χ0v) is 24.9. The highest BCUT2D eigenvalue weighted by molar-refractivity contribution is 7.07. The van der Waals surface area contributed by atoms with Crippen LogP contribution in [0.15, 0.2) is 27.9 Å². The molecule has 9 heteroatoms. The van der Waals surface area contributed by atoms with Crippen molar-refractivity contribution in [2.24, 2.45) is 4.99 Å². The van der Waals surface area contributed by atoms with Gasteiger partial charge in [0.15, 0.2) is 0 Å². The van der Waals surface area contributed by atoms with Crippen molar-refractivity contribution in [3.05, 3.63) is 50.4 Å². The van der Waals surface area contributed by atoms with Gasteiger partial charge >= 0.3 is 0 Å². The minimum Gasteiger partial charge on any atom is -0.352 e. The number of hydrogen-bond donors (Lipinski definition) is 0. The van der Waals surface area contributed by atoms with E-state index in [0.29, 0.717) is 34.9 Å². The minimum atomic E-state index is 0.0685. The number of carbonyl (C=O) groups is 1. The molecule has 1 aliphatic carbocycles. The van der Waals surface area contributed by atoms with Crippen LogP contribution in [0.2, 0.25) is 5.15 Å². The highest BCUT2D eigenvalue weighted by Crippen LogP contribution is 2.34. The number of piperidine rings is 2. The minimum absolute atomic E-state index is 0.0685. The number of amidine groups is 1. The van der Waals surface area contributed by atoms with Crippen LogP contribution in [0.4, 0.5) is 0 Å². The Labute approximate surface area is 241 Å². The summed E-state index contributed by atoms with van der Waals surface area (Å²) in [5.74, 6) is 1.05. The average molecular weight is 567 g/mol. The van der Waals surface area contributed by atoms with E-state index in [2.05, 4.69) is 44.6 Å². The molecule has 2 aromatic heterocycles. The standard InChI is InChI=1S/C30H39ClN6OS/c1-21-18-26(31)33-22(2)28(21)29(38)35-15-10-30(3,11-16-35)36-13-7-25(8-14-36)37(19-23-9-17-39-20-23)27(6-12-32)34-24-4-5-24/h9,17-18,20,24-25H,4-8,10-11,13-16,19H2,1-3H3. The van der Waals surface area contributed by atoms with Crippen LogP contribution in [-0.4, -0.2) is 75.2 Å². The molecule has 3 fully saturated rings. The topological polar surface area (TPSA) is 75.8 Å². The van der Waals surface area contributed by atoms with Crippen LogP contribution < -0.4 is 0 Å². The number of likely N-dealkylation sites (tertiary alicyclic amines) is 2. The Morgan fingerprint density at radius 2 is 1.95 bits per heavy atom. The van der Waals surface area contributed by atoms with E-state index in [-0.39, 0.29) is 11.4 Å². The zero-order chi connectivity index (χ0) is 27.6. The maximum Gasteiger partial charge on any atom is 0.255 e. The second-order valence-corrected chi connectivity index (χ2v) is 12.8. The molecular weight excluding hydrogens is 528 g/mol. The fourth-order valence-corrected chi connectivity index (χ4v) is 7.16. The van der Waals surface area contributed by atoms with Crippen LogP contribution in [0.25, 0.3) is 0 Å². The molecule has 2 aromatic rings. The summed E-state index contributed by atoms with van der Waals surface area (Å²) in [4.78, 5) is 29.8. The summed E-state index contributed by atoms with van der Waals surface area (Å²) in [5.41, 5.74) is 3.67. The Kier molecular flexibility index (Phi) is 8.60. The van der Waals surface area contributed by atoms with Gasteiger partial charge in [0, 0.05) is 44.3 Å². The fraction of sp³-hybridized carbons (Fsp3) is 0.600. The van der Waals surface area contributed by atoms with Crippen LogP contribution in [0.3, 0.4) is 0 Å². The number of rotatable bonds is 7. The number of nitrogens with zero attached hydrogens (tertiary/aromatic N) is 6. The summed E-state index contributed by atoms with van der Waals surface area (Å²) in [5, 5.41) is 14.3. The molecule has 0 atom stereocenters. The molecule has 7 nitrogen and oxygen atoms in total. The van der Waals surface area contributed by atoms with E-state index >= 15 is 0 Å². The van der Waals surface area contributed by atoms with Crippen molar-refractivity contribution >= 4 is 34.7 Å². The number of thiophene rings is 1.